The Morgan fingerprint density at radius 1 is 1.56 bits per heavy atom. The molecule has 0 aliphatic heterocycles. The van der Waals surface area contributed by atoms with Crippen molar-refractivity contribution in [1.82, 2.24) is 15.0 Å². The molecule has 0 aliphatic carbocycles. The fourth-order valence-electron chi connectivity index (χ4n) is 1.48. The molecule has 2 atom stereocenters. The Morgan fingerprint density at radius 3 is 2.44 bits per heavy atom. The van der Waals surface area contributed by atoms with Crippen molar-refractivity contribution in [1.29, 1.82) is 0 Å². The summed E-state index contributed by atoms with van der Waals surface area (Å²) in [4.78, 5) is 0. The number of nitrogens with two attached hydrogens (primary N) is 1. The lowest BCUT2D eigenvalue weighted by molar-refractivity contribution is -0.277. The second-order valence-corrected chi connectivity index (χ2v) is 3.52. The molecular formula is C8H13F3N4O. The molecule has 0 bridgehead atoms. The Morgan fingerprint density at radius 2 is 2.12 bits per heavy atom. The highest BCUT2D eigenvalue weighted by Crippen LogP contribution is 2.41. The van der Waals surface area contributed by atoms with Gasteiger partial charge in [0.1, 0.15) is 5.69 Å². The highest BCUT2D eigenvalue weighted by molar-refractivity contribution is 5.15. The summed E-state index contributed by atoms with van der Waals surface area (Å²) >= 11 is 0. The predicted molar refractivity (Wildman–Crippen MR) is 49.2 cm³/mol. The number of aromatic nitrogens is 3. The van der Waals surface area contributed by atoms with E-state index in [0.717, 1.165) is 10.9 Å². The Bertz CT molecular complexity index is 364. The van der Waals surface area contributed by atoms with E-state index in [4.69, 9.17) is 5.73 Å². The Balaban J connectivity index is 3.32. The normalized spacial score (nSPS) is 18.2. The van der Waals surface area contributed by atoms with Crippen LogP contribution >= 0.6 is 0 Å². The van der Waals surface area contributed by atoms with E-state index in [1.165, 1.54) is 14.0 Å². The molecule has 8 heteroatoms. The maximum atomic E-state index is 12.9. The van der Waals surface area contributed by atoms with E-state index < -0.39 is 23.5 Å². The third-order valence-electron chi connectivity index (χ3n) is 2.51. The van der Waals surface area contributed by atoms with Gasteiger partial charge in [-0.3, -0.25) is 0 Å². The first-order valence-electron chi connectivity index (χ1n) is 4.65. The highest BCUT2D eigenvalue weighted by Gasteiger charge is 2.60. The van der Waals surface area contributed by atoms with Crippen LogP contribution in [0.25, 0.3) is 0 Å². The molecule has 1 rings (SSSR count). The number of alkyl halides is 3. The largest absolute Gasteiger partial charge is 0.424 e. The van der Waals surface area contributed by atoms with E-state index in [9.17, 15) is 18.3 Å². The Kier molecular flexibility index (Phi) is 3.25. The molecule has 92 valence electrons. The molecule has 0 saturated heterocycles. The number of aliphatic hydroxyl groups is 1. The van der Waals surface area contributed by atoms with Crippen LogP contribution in [0.4, 0.5) is 13.2 Å². The van der Waals surface area contributed by atoms with Crippen LogP contribution in [0.5, 0.6) is 0 Å². The lowest BCUT2D eigenvalue weighted by Crippen LogP contribution is -2.56. The molecule has 0 radical (unpaired) electrons. The standard InChI is InChI=1S/C8H13F3N4O/c1-3-5(12)7(16,8(9,10)11)6-4-13-14-15(6)2/h4-5,16H,3,12H2,1-2H3. The SMILES string of the molecule is CCC(N)C(O)(c1cnnn1C)C(F)(F)F. The zero-order valence-electron chi connectivity index (χ0n) is 8.86. The molecule has 0 amide bonds. The summed E-state index contributed by atoms with van der Waals surface area (Å²) in [6, 6.07) is -1.47. The van der Waals surface area contributed by atoms with Crippen molar-refractivity contribution in [2.24, 2.45) is 12.8 Å². The van der Waals surface area contributed by atoms with Gasteiger partial charge < -0.3 is 10.8 Å². The lowest BCUT2D eigenvalue weighted by Gasteiger charge is -2.34. The van der Waals surface area contributed by atoms with E-state index in [0.29, 0.717) is 0 Å². The van der Waals surface area contributed by atoms with Crippen molar-refractivity contribution in [3.63, 3.8) is 0 Å². The Hall–Kier alpha value is -1.15. The first-order valence-corrected chi connectivity index (χ1v) is 4.65. The van der Waals surface area contributed by atoms with E-state index in [2.05, 4.69) is 10.3 Å². The van der Waals surface area contributed by atoms with Gasteiger partial charge in [0.25, 0.3) is 0 Å². The minimum absolute atomic E-state index is 0.0266. The summed E-state index contributed by atoms with van der Waals surface area (Å²) in [5.41, 5.74) is 1.77. The number of halogens is 3. The minimum Gasteiger partial charge on any atom is -0.374 e. The van der Waals surface area contributed by atoms with E-state index in [1.807, 2.05) is 0 Å². The van der Waals surface area contributed by atoms with E-state index in [-0.39, 0.29) is 6.42 Å². The van der Waals surface area contributed by atoms with Gasteiger partial charge in [-0.1, -0.05) is 12.1 Å². The molecule has 0 saturated carbocycles. The second-order valence-electron chi connectivity index (χ2n) is 3.52. The average Bonchev–Trinajstić information content (AvgIpc) is 2.60. The summed E-state index contributed by atoms with van der Waals surface area (Å²) in [5, 5.41) is 16.5. The number of rotatable bonds is 3. The molecule has 5 nitrogen and oxygen atoms in total. The molecule has 16 heavy (non-hydrogen) atoms. The van der Waals surface area contributed by atoms with Crippen LogP contribution in [0.1, 0.15) is 19.0 Å². The summed E-state index contributed by atoms with van der Waals surface area (Å²) in [6.07, 6.45) is -4.04. The maximum Gasteiger partial charge on any atom is 0.424 e. The van der Waals surface area contributed by atoms with Gasteiger partial charge in [0.05, 0.1) is 6.20 Å². The topological polar surface area (TPSA) is 77.0 Å². The van der Waals surface area contributed by atoms with Crippen LogP contribution in [0.15, 0.2) is 6.20 Å². The summed E-state index contributed by atoms with van der Waals surface area (Å²) in [6.45, 7) is 1.46. The van der Waals surface area contributed by atoms with Gasteiger partial charge in [-0.25, -0.2) is 4.68 Å². The van der Waals surface area contributed by atoms with Crippen LogP contribution in [0.2, 0.25) is 0 Å². The molecule has 1 aromatic rings. The zero-order chi connectivity index (χ0) is 12.6. The van der Waals surface area contributed by atoms with Crippen molar-refractivity contribution in [2.45, 2.75) is 31.2 Å². The smallest absolute Gasteiger partial charge is 0.374 e. The number of nitrogens with zero attached hydrogens (tertiary/aromatic N) is 3. The van der Waals surface area contributed by atoms with Gasteiger partial charge in [0.2, 0.25) is 5.60 Å². The van der Waals surface area contributed by atoms with Crippen molar-refractivity contribution < 1.29 is 18.3 Å². The fourth-order valence-corrected chi connectivity index (χ4v) is 1.48. The first kappa shape index (κ1) is 12.9. The van der Waals surface area contributed by atoms with Crippen LogP contribution in [-0.2, 0) is 12.6 Å². The molecule has 1 aromatic heterocycles. The van der Waals surface area contributed by atoms with Crippen molar-refractivity contribution >= 4 is 0 Å². The van der Waals surface area contributed by atoms with Gasteiger partial charge in [-0.05, 0) is 6.42 Å². The van der Waals surface area contributed by atoms with Gasteiger partial charge in [-0.2, -0.15) is 13.2 Å². The first-order chi connectivity index (χ1) is 7.25. The maximum absolute atomic E-state index is 12.9. The third kappa shape index (κ3) is 1.78. The van der Waals surface area contributed by atoms with E-state index >= 15 is 0 Å². The minimum atomic E-state index is -4.88. The second kappa shape index (κ2) is 4.02. The lowest BCUT2D eigenvalue weighted by atomic mass is 9.89. The van der Waals surface area contributed by atoms with Gasteiger partial charge in [-0.15, -0.1) is 5.10 Å². The Labute approximate surface area is 90.0 Å². The van der Waals surface area contributed by atoms with Crippen molar-refractivity contribution in [3.05, 3.63) is 11.9 Å². The zero-order valence-corrected chi connectivity index (χ0v) is 8.86. The van der Waals surface area contributed by atoms with E-state index in [1.54, 1.807) is 0 Å². The van der Waals surface area contributed by atoms with Gasteiger partial charge >= 0.3 is 6.18 Å². The van der Waals surface area contributed by atoms with Crippen molar-refractivity contribution in [3.8, 4) is 0 Å². The molecule has 0 spiro atoms. The molecular weight excluding hydrogens is 225 g/mol. The number of hydrogen-bond donors (Lipinski definition) is 2. The summed E-state index contributed by atoms with van der Waals surface area (Å²) < 4.78 is 39.5. The molecule has 0 aliphatic rings. The van der Waals surface area contributed by atoms with Crippen molar-refractivity contribution in [2.75, 3.05) is 0 Å². The molecule has 0 aromatic carbocycles. The van der Waals surface area contributed by atoms with Crippen LogP contribution in [0.3, 0.4) is 0 Å². The third-order valence-corrected chi connectivity index (χ3v) is 2.51. The summed E-state index contributed by atoms with van der Waals surface area (Å²) in [5.74, 6) is 0. The quantitative estimate of drug-likeness (QED) is 0.794. The summed E-state index contributed by atoms with van der Waals surface area (Å²) in [7, 11) is 1.27. The number of hydrogen-bond acceptors (Lipinski definition) is 4. The predicted octanol–water partition coefficient (Wildman–Crippen LogP) is 0.302. The van der Waals surface area contributed by atoms with Crippen LogP contribution < -0.4 is 5.73 Å². The molecule has 0 fully saturated rings. The van der Waals surface area contributed by atoms with Crippen LogP contribution in [0, 0.1) is 0 Å². The average molecular weight is 238 g/mol. The van der Waals surface area contributed by atoms with Gasteiger partial charge in [0.15, 0.2) is 0 Å². The molecule has 3 N–H and O–H groups in total. The van der Waals surface area contributed by atoms with Gasteiger partial charge in [0, 0.05) is 13.1 Å². The molecule has 1 heterocycles. The van der Waals surface area contributed by atoms with Crippen LogP contribution in [-0.4, -0.2) is 32.3 Å². The molecule has 2 unspecified atom stereocenters. The highest BCUT2D eigenvalue weighted by atomic mass is 19.4. The fraction of sp³-hybridized carbons (Fsp3) is 0.750. The number of aryl methyl sites for hydroxylation is 1. The monoisotopic (exact) mass is 238 g/mol.